The number of nitrogens with zero attached hydrogens (tertiary/aromatic N) is 1. The lowest BCUT2D eigenvalue weighted by molar-refractivity contribution is -0.124. The Hall–Kier alpha value is -2.34. The van der Waals surface area contributed by atoms with Crippen molar-refractivity contribution < 1.29 is 9.59 Å². The van der Waals surface area contributed by atoms with E-state index in [2.05, 4.69) is 10.6 Å². The second kappa shape index (κ2) is 8.67. The number of carbonyl (C=O) groups excluding carboxylic acids is 2. The largest absolute Gasteiger partial charge is 0.377 e. The number of rotatable bonds is 7. The van der Waals surface area contributed by atoms with Crippen LogP contribution in [-0.4, -0.2) is 32.0 Å². The van der Waals surface area contributed by atoms with E-state index in [1.165, 1.54) is 11.3 Å². The number of anilines is 1. The first-order valence-electron chi connectivity index (χ1n) is 8.27. The fourth-order valence-electron chi connectivity index (χ4n) is 2.54. The topological polar surface area (TPSA) is 61.4 Å². The summed E-state index contributed by atoms with van der Waals surface area (Å²) in [4.78, 5) is 27.5. The smallest absolute Gasteiger partial charge is 0.262 e. The first kappa shape index (κ1) is 19.0. The molecule has 1 unspecified atom stereocenters. The minimum Gasteiger partial charge on any atom is -0.377 e. The van der Waals surface area contributed by atoms with Gasteiger partial charge in [-0.15, -0.1) is 11.3 Å². The normalized spacial score (nSPS) is 11.9. The van der Waals surface area contributed by atoms with E-state index < -0.39 is 6.04 Å². The monoisotopic (exact) mass is 359 g/mol. The SMILES string of the molecule is CC(C)C(NC(=O)c1cccs1)C(=O)NCc1ccccc1N(C)C. The van der Waals surface area contributed by atoms with Crippen LogP contribution in [0.1, 0.15) is 29.1 Å². The Labute approximate surface area is 153 Å². The third-order valence-corrected chi connectivity index (χ3v) is 4.78. The molecule has 5 nitrogen and oxygen atoms in total. The van der Waals surface area contributed by atoms with Gasteiger partial charge in [0.25, 0.3) is 5.91 Å². The van der Waals surface area contributed by atoms with Crippen LogP contribution in [0.2, 0.25) is 0 Å². The average molecular weight is 359 g/mol. The Bertz CT molecular complexity index is 711. The number of para-hydroxylation sites is 1. The molecule has 2 N–H and O–H groups in total. The summed E-state index contributed by atoms with van der Waals surface area (Å²) >= 11 is 1.36. The number of thiophene rings is 1. The van der Waals surface area contributed by atoms with Gasteiger partial charge in [-0.3, -0.25) is 9.59 Å². The molecule has 0 saturated carbocycles. The average Bonchev–Trinajstić information content (AvgIpc) is 3.12. The van der Waals surface area contributed by atoms with E-state index in [0.29, 0.717) is 11.4 Å². The maximum absolute atomic E-state index is 12.6. The van der Waals surface area contributed by atoms with Crippen LogP contribution in [0, 0.1) is 5.92 Å². The zero-order valence-electron chi connectivity index (χ0n) is 15.1. The third kappa shape index (κ3) is 5.06. The molecule has 0 aliphatic heterocycles. The van der Waals surface area contributed by atoms with Crippen molar-refractivity contribution in [1.82, 2.24) is 10.6 Å². The van der Waals surface area contributed by atoms with Gasteiger partial charge < -0.3 is 15.5 Å². The number of nitrogens with one attached hydrogen (secondary N) is 2. The molecular weight excluding hydrogens is 334 g/mol. The predicted molar refractivity (Wildman–Crippen MR) is 103 cm³/mol. The van der Waals surface area contributed by atoms with Crippen LogP contribution < -0.4 is 15.5 Å². The summed E-state index contributed by atoms with van der Waals surface area (Å²) in [6.45, 7) is 4.27. The summed E-state index contributed by atoms with van der Waals surface area (Å²) in [7, 11) is 3.94. The molecule has 134 valence electrons. The summed E-state index contributed by atoms with van der Waals surface area (Å²) < 4.78 is 0. The Morgan fingerprint density at radius 3 is 2.44 bits per heavy atom. The van der Waals surface area contributed by atoms with Gasteiger partial charge in [0, 0.05) is 26.3 Å². The van der Waals surface area contributed by atoms with Crippen molar-refractivity contribution in [2.24, 2.45) is 5.92 Å². The minimum atomic E-state index is -0.568. The van der Waals surface area contributed by atoms with Gasteiger partial charge >= 0.3 is 0 Å². The summed E-state index contributed by atoms with van der Waals surface area (Å²) in [6.07, 6.45) is 0. The zero-order valence-corrected chi connectivity index (χ0v) is 15.9. The van der Waals surface area contributed by atoms with Gasteiger partial charge in [-0.05, 0) is 29.0 Å². The molecule has 2 rings (SSSR count). The second-order valence-electron chi connectivity index (χ2n) is 6.41. The highest BCUT2D eigenvalue weighted by atomic mass is 32.1. The predicted octanol–water partition coefficient (Wildman–Crippen LogP) is 2.88. The maximum Gasteiger partial charge on any atom is 0.262 e. The molecule has 0 bridgehead atoms. The van der Waals surface area contributed by atoms with Gasteiger partial charge in [-0.2, -0.15) is 0 Å². The summed E-state index contributed by atoms with van der Waals surface area (Å²) in [5, 5.41) is 7.64. The van der Waals surface area contributed by atoms with E-state index in [4.69, 9.17) is 0 Å². The van der Waals surface area contributed by atoms with Crippen LogP contribution in [-0.2, 0) is 11.3 Å². The maximum atomic E-state index is 12.6. The highest BCUT2D eigenvalue weighted by Crippen LogP contribution is 2.17. The zero-order chi connectivity index (χ0) is 18.4. The Morgan fingerprint density at radius 1 is 1.12 bits per heavy atom. The van der Waals surface area contributed by atoms with Crippen molar-refractivity contribution in [2.75, 3.05) is 19.0 Å². The molecule has 2 amide bonds. The van der Waals surface area contributed by atoms with Crippen LogP contribution in [0.4, 0.5) is 5.69 Å². The van der Waals surface area contributed by atoms with E-state index in [1.54, 1.807) is 6.07 Å². The van der Waals surface area contributed by atoms with Crippen LogP contribution in [0.3, 0.4) is 0 Å². The van der Waals surface area contributed by atoms with Crippen molar-refractivity contribution >= 4 is 28.8 Å². The highest BCUT2D eigenvalue weighted by Gasteiger charge is 2.25. The van der Waals surface area contributed by atoms with Gasteiger partial charge in [-0.1, -0.05) is 38.1 Å². The number of hydrogen-bond donors (Lipinski definition) is 2. The Balaban J connectivity index is 2.02. The summed E-state index contributed by atoms with van der Waals surface area (Å²) in [6, 6.07) is 10.9. The van der Waals surface area contributed by atoms with Crippen molar-refractivity contribution in [3.63, 3.8) is 0 Å². The molecule has 1 aromatic carbocycles. The van der Waals surface area contributed by atoms with Crippen molar-refractivity contribution in [1.29, 1.82) is 0 Å². The molecule has 2 aromatic rings. The number of hydrogen-bond acceptors (Lipinski definition) is 4. The first-order chi connectivity index (χ1) is 11.9. The summed E-state index contributed by atoms with van der Waals surface area (Å²) in [5.74, 6) is -0.390. The Morgan fingerprint density at radius 2 is 1.84 bits per heavy atom. The number of benzene rings is 1. The molecule has 0 aliphatic rings. The van der Waals surface area contributed by atoms with Crippen molar-refractivity contribution in [3.05, 3.63) is 52.2 Å². The van der Waals surface area contributed by atoms with Crippen LogP contribution in [0.5, 0.6) is 0 Å². The molecule has 0 aliphatic carbocycles. The quantitative estimate of drug-likeness (QED) is 0.799. The molecule has 6 heteroatoms. The lowest BCUT2D eigenvalue weighted by Gasteiger charge is -2.22. The third-order valence-electron chi connectivity index (χ3n) is 3.91. The highest BCUT2D eigenvalue weighted by molar-refractivity contribution is 7.12. The molecule has 0 fully saturated rings. The first-order valence-corrected chi connectivity index (χ1v) is 9.15. The standard InChI is InChI=1S/C19H25N3O2S/c1-13(2)17(21-18(23)16-10-7-11-25-16)19(24)20-12-14-8-5-6-9-15(14)22(3)4/h5-11,13,17H,12H2,1-4H3,(H,20,24)(H,21,23). The molecule has 0 spiro atoms. The van der Waals surface area contributed by atoms with Crippen LogP contribution in [0.25, 0.3) is 0 Å². The fraction of sp³-hybridized carbons (Fsp3) is 0.368. The van der Waals surface area contributed by atoms with Gasteiger partial charge in [0.1, 0.15) is 6.04 Å². The van der Waals surface area contributed by atoms with E-state index in [-0.39, 0.29) is 17.7 Å². The van der Waals surface area contributed by atoms with Gasteiger partial charge in [-0.25, -0.2) is 0 Å². The van der Waals surface area contributed by atoms with E-state index >= 15 is 0 Å². The Kier molecular flexibility index (Phi) is 6.58. The lowest BCUT2D eigenvalue weighted by Crippen LogP contribution is -2.49. The molecular formula is C19H25N3O2S. The molecule has 0 saturated heterocycles. The number of carbonyl (C=O) groups is 2. The molecule has 1 aromatic heterocycles. The van der Waals surface area contributed by atoms with Crippen LogP contribution in [0.15, 0.2) is 41.8 Å². The summed E-state index contributed by atoms with van der Waals surface area (Å²) in [5.41, 5.74) is 2.10. The molecule has 0 radical (unpaired) electrons. The lowest BCUT2D eigenvalue weighted by atomic mass is 10.0. The van der Waals surface area contributed by atoms with Crippen LogP contribution >= 0.6 is 11.3 Å². The molecule has 25 heavy (non-hydrogen) atoms. The van der Waals surface area contributed by atoms with Gasteiger partial charge in [0.15, 0.2) is 0 Å². The van der Waals surface area contributed by atoms with E-state index in [0.717, 1.165) is 11.3 Å². The molecule has 1 atom stereocenters. The molecule has 1 heterocycles. The van der Waals surface area contributed by atoms with Gasteiger partial charge in [0.2, 0.25) is 5.91 Å². The second-order valence-corrected chi connectivity index (χ2v) is 7.36. The van der Waals surface area contributed by atoms with Crippen molar-refractivity contribution in [3.8, 4) is 0 Å². The number of amides is 2. The van der Waals surface area contributed by atoms with E-state index in [1.807, 2.05) is 68.6 Å². The van der Waals surface area contributed by atoms with Crippen molar-refractivity contribution in [2.45, 2.75) is 26.4 Å². The fourth-order valence-corrected chi connectivity index (χ4v) is 3.17. The van der Waals surface area contributed by atoms with Gasteiger partial charge in [0.05, 0.1) is 4.88 Å². The minimum absolute atomic E-state index is 0.00648. The van der Waals surface area contributed by atoms with E-state index in [9.17, 15) is 9.59 Å².